The molecule has 0 radical (unpaired) electrons. The van der Waals surface area contributed by atoms with Gasteiger partial charge in [0.2, 0.25) is 6.71 Å². The molecule has 0 aromatic heterocycles. The van der Waals surface area contributed by atoms with E-state index in [2.05, 4.69) is 19.9 Å². The van der Waals surface area contributed by atoms with Crippen molar-refractivity contribution in [2.45, 2.75) is 29.5 Å². The van der Waals surface area contributed by atoms with E-state index in [0.29, 0.717) is 5.82 Å². The first kappa shape index (κ1) is 12.6. The first-order valence-corrected chi connectivity index (χ1v) is 7.65. The average Bonchev–Trinajstić information content (AvgIpc) is 2.40. The van der Waals surface area contributed by atoms with Gasteiger partial charge in [0.1, 0.15) is 0 Å². The lowest BCUT2D eigenvalue weighted by atomic mass is 9.34. The van der Waals surface area contributed by atoms with Crippen LogP contribution in [0.15, 0.2) is 52.3 Å². The molecule has 1 unspecified atom stereocenters. The number of hydrogen-bond donors (Lipinski definition) is 1. The van der Waals surface area contributed by atoms with Gasteiger partial charge in [-0.05, 0) is 23.7 Å². The van der Waals surface area contributed by atoms with Gasteiger partial charge in [0.15, 0.2) is 9.79 Å². The zero-order valence-electron chi connectivity index (χ0n) is 11.1. The van der Waals surface area contributed by atoms with Crippen LogP contribution in [0, 0.1) is 0 Å². The van der Waals surface area contributed by atoms with Gasteiger partial charge in [-0.2, -0.15) is 0 Å². The topological polar surface area (TPSA) is 49.1 Å². The molecular weight excluding hydrogens is 253 g/mol. The highest BCUT2D eigenvalue weighted by atomic mass is 32.2. The SMILES string of the molecule is CC(C)B1c2ccccc2[S+]([O-])c2cccc(N)c21. The van der Waals surface area contributed by atoms with Crippen LogP contribution in [-0.2, 0) is 11.2 Å². The third-order valence-electron chi connectivity index (χ3n) is 3.73. The van der Waals surface area contributed by atoms with Gasteiger partial charge >= 0.3 is 0 Å². The summed E-state index contributed by atoms with van der Waals surface area (Å²) in [5.41, 5.74) is 9.11. The zero-order valence-corrected chi connectivity index (χ0v) is 11.9. The number of benzene rings is 2. The van der Waals surface area contributed by atoms with Crippen molar-refractivity contribution in [1.82, 2.24) is 0 Å². The van der Waals surface area contributed by atoms with Crippen molar-refractivity contribution >= 4 is 34.5 Å². The maximum atomic E-state index is 12.7. The molecule has 3 rings (SSSR count). The van der Waals surface area contributed by atoms with E-state index >= 15 is 0 Å². The molecule has 19 heavy (non-hydrogen) atoms. The smallest absolute Gasteiger partial charge is 0.227 e. The molecule has 96 valence electrons. The van der Waals surface area contributed by atoms with Crippen LogP contribution in [0.1, 0.15) is 13.8 Å². The molecule has 1 heterocycles. The maximum Gasteiger partial charge on any atom is 0.227 e. The minimum atomic E-state index is -1.12. The summed E-state index contributed by atoms with van der Waals surface area (Å²) in [6.07, 6.45) is 0. The Labute approximate surface area is 117 Å². The fraction of sp³-hybridized carbons (Fsp3) is 0.200. The first-order chi connectivity index (χ1) is 9.11. The van der Waals surface area contributed by atoms with Crippen molar-refractivity contribution < 1.29 is 4.55 Å². The molecule has 0 saturated carbocycles. The summed E-state index contributed by atoms with van der Waals surface area (Å²) in [6, 6.07) is 13.7. The van der Waals surface area contributed by atoms with E-state index in [9.17, 15) is 4.55 Å². The van der Waals surface area contributed by atoms with Crippen LogP contribution in [0.25, 0.3) is 0 Å². The first-order valence-electron chi connectivity index (χ1n) is 6.50. The largest absolute Gasteiger partial charge is 0.606 e. The summed E-state index contributed by atoms with van der Waals surface area (Å²) in [6.45, 7) is 4.60. The summed E-state index contributed by atoms with van der Waals surface area (Å²) in [5.74, 6) is 0.418. The monoisotopic (exact) mass is 269 g/mol. The third-order valence-corrected chi connectivity index (χ3v) is 5.26. The minimum absolute atomic E-state index is 0.227. The normalized spacial score (nSPS) is 17.3. The average molecular weight is 269 g/mol. The van der Waals surface area contributed by atoms with Gasteiger partial charge in [0, 0.05) is 22.3 Å². The van der Waals surface area contributed by atoms with Gasteiger partial charge in [0.05, 0.1) is 0 Å². The zero-order chi connectivity index (χ0) is 13.6. The maximum absolute atomic E-state index is 12.7. The summed E-state index contributed by atoms with van der Waals surface area (Å²) in [7, 11) is 0. The quantitative estimate of drug-likeness (QED) is 0.487. The van der Waals surface area contributed by atoms with Gasteiger partial charge in [-0.1, -0.05) is 43.9 Å². The predicted molar refractivity (Wildman–Crippen MR) is 82.1 cm³/mol. The Morgan fingerprint density at radius 2 is 1.74 bits per heavy atom. The lowest BCUT2D eigenvalue weighted by Crippen LogP contribution is -2.53. The number of rotatable bonds is 1. The summed E-state index contributed by atoms with van der Waals surface area (Å²) in [4.78, 5) is 1.80. The Hall–Kier alpha value is -1.39. The lowest BCUT2D eigenvalue weighted by molar-refractivity contribution is 0.595. The fourth-order valence-corrected chi connectivity index (χ4v) is 4.42. The molecule has 1 aliphatic heterocycles. The van der Waals surface area contributed by atoms with Gasteiger partial charge in [-0.3, -0.25) is 0 Å². The van der Waals surface area contributed by atoms with Crippen LogP contribution >= 0.6 is 0 Å². The van der Waals surface area contributed by atoms with E-state index < -0.39 is 11.2 Å². The number of fused-ring (bicyclic) bond motifs is 2. The second kappa shape index (κ2) is 4.62. The number of hydrogen-bond acceptors (Lipinski definition) is 2. The molecule has 2 aromatic rings. The Balaban J connectivity index is 2.31. The number of nitrogen functional groups attached to an aromatic ring is 1. The summed E-state index contributed by atoms with van der Waals surface area (Å²) in [5, 5.41) is 0. The van der Waals surface area contributed by atoms with Crippen LogP contribution in [0.2, 0.25) is 5.82 Å². The van der Waals surface area contributed by atoms with E-state index in [1.165, 1.54) is 0 Å². The van der Waals surface area contributed by atoms with Crippen molar-refractivity contribution in [3.8, 4) is 0 Å². The second-order valence-electron chi connectivity index (χ2n) is 5.29. The lowest BCUT2D eigenvalue weighted by Gasteiger charge is -2.29. The fourth-order valence-electron chi connectivity index (χ4n) is 2.93. The van der Waals surface area contributed by atoms with Crippen molar-refractivity contribution in [2.24, 2.45) is 0 Å². The molecule has 2 N–H and O–H groups in total. The van der Waals surface area contributed by atoms with Crippen LogP contribution < -0.4 is 16.7 Å². The predicted octanol–water partition coefficient (Wildman–Crippen LogP) is 1.77. The van der Waals surface area contributed by atoms with Crippen molar-refractivity contribution in [1.29, 1.82) is 0 Å². The Kier molecular flexibility index (Phi) is 3.07. The van der Waals surface area contributed by atoms with Gasteiger partial charge < -0.3 is 10.3 Å². The van der Waals surface area contributed by atoms with Crippen molar-refractivity contribution in [3.05, 3.63) is 42.5 Å². The van der Waals surface area contributed by atoms with Crippen molar-refractivity contribution in [3.63, 3.8) is 0 Å². The molecule has 1 aliphatic rings. The van der Waals surface area contributed by atoms with E-state index in [1.54, 1.807) is 0 Å². The van der Waals surface area contributed by atoms with Gasteiger partial charge in [-0.15, -0.1) is 0 Å². The van der Waals surface area contributed by atoms with E-state index in [0.717, 1.165) is 26.4 Å². The van der Waals surface area contributed by atoms with Crippen LogP contribution in [0.3, 0.4) is 0 Å². The highest BCUT2D eigenvalue weighted by Gasteiger charge is 2.40. The molecular formula is C15H16BNOS. The van der Waals surface area contributed by atoms with E-state index in [-0.39, 0.29) is 6.71 Å². The third kappa shape index (κ3) is 1.87. The van der Waals surface area contributed by atoms with Crippen LogP contribution in [0.4, 0.5) is 5.69 Å². The molecule has 2 aromatic carbocycles. The molecule has 0 aliphatic carbocycles. The standard InChI is InChI=1S/C15H16BNOS/c1-10(2)16-11-6-3-4-8-13(11)19(18)14-9-5-7-12(17)15(14)16/h3-10H,17H2,1-2H3. The highest BCUT2D eigenvalue weighted by molar-refractivity contribution is 7.92. The van der Waals surface area contributed by atoms with Gasteiger partial charge in [-0.25, -0.2) is 0 Å². The Morgan fingerprint density at radius 1 is 1.05 bits per heavy atom. The molecule has 0 amide bonds. The van der Waals surface area contributed by atoms with E-state index in [1.807, 2.05) is 36.4 Å². The highest BCUT2D eigenvalue weighted by Crippen LogP contribution is 2.28. The summed E-state index contributed by atoms with van der Waals surface area (Å²) >= 11 is -1.12. The van der Waals surface area contributed by atoms with Gasteiger partial charge in [0.25, 0.3) is 0 Å². The molecule has 1 atom stereocenters. The van der Waals surface area contributed by atoms with Crippen LogP contribution in [0.5, 0.6) is 0 Å². The van der Waals surface area contributed by atoms with E-state index in [4.69, 9.17) is 5.73 Å². The molecule has 2 nitrogen and oxygen atoms in total. The number of nitrogens with two attached hydrogens (primary N) is 1. The Morgan fingerprint density at radius 3 is 2.47 bits per heavy atom. The molecule has 0 spiro atoms. The molecule has 0 fully saturated rings. The van der Waals surface area contributed by atoms with Crippen molar-refractivity contribution in [2.75, 3.05) is 5.73 Å². The molecule has 4 heteroatoms. The van der Waals surface area contributed by atoms with Crippen LogP contribution in [-0.4, -0.2) is 11.3 Å². The Bertz CT molecular complexity index is 629. The summed E-state index contributed by atoms with van der Waals surface area (Å²) < 4.78 is 12.7. The second-order valence-corrected chi connectivity index (χ2v) is 6.70. The molecule has 0 bridgehead atoms. The minimum Gasteiger partial charge on any atom is -0.606 e. The number of anilines is 1. The molecule has 0 saturated heterocycles.